The first-order chi connectivity index (χ1) is 9.89. The molecule has 21 heavy (non-hydrogen) atoms. The molecule has 1 aliphatic rings. The summed E-state index contributed by atoms with van der Waals surface area (Å²) in [6, 6.07) is 5.96. The average Bonchev–Trinajstić information content (AvgIpc) is 2.49. The van der Waals surface area contributed by atoms with Crippen LogP contribution in [0.2, 0.25) is 0 Å². The fourth-order valence-electron chi connectivity index (χ4n) is 2.80. The van der Waals surface area contributed by atoms with Gasteiger partial charge >= 0.3 is 0 Å². The maximum absolute atomic E-state index is 11.2. The first kappa shape index (κ1) is 17.7. The van der Waals surface area contributed by atoms with Crippen LogP contribution < -0.4 is 5.73 Å². The van der Waals surface area contributed by atoms with Gasteiger partial charge in [0, 0.05) is 17.3 Å². The van der Waals surface area contributed by atoms with Crippen LogP contribution in [0.5, 0.6) is 0 Å². The second-order valence-corrected chi connectivity index (χ2v) is 6.68. The molecule has 1 saturated carbocycles. The van der Waals surface area contributed by atoms with Crippen molar-refractivity contribution in [2.24, 2.45) is 23.0 Å². The lowest BCUT2D eigenvalue weighted by molar-refractivity contribution is -0.129. The van der Waals surface area contributed by atoms with E-state index in [4.69, 9.17) is 5.73 Å². The second kappa shape index (κ2) is 8.16. The van der Waals surface area contributed by atoms with E-state index in [1.165, 1.54) is 0 Å². The van der Waals surface area contributed by atoms with Crippen molar-refractivity contribution in [2.75, 3.05) is 0 Å². The van der Waals surface area contributed by atoms with Crippen molar-refractivity contribution in [3.05, 3.63) is 30.1 Å². The third-order valence-corrected chi connectivity index (χ3v) is 4.76. The van der Waals surface area contributed by atoms with Gasteiger partial charge in [-0.1, -0.05) is 33.8 Å². The Morgan fingerprint density at radius 2 is 2.00 bits per heavy atom. The Kier molecular flexibility index (Phi) is 6.86. The summed E-state index contributed by atoms with van der Waals surface area (Å²) in [4.78, 5) is 15.3. The molecule has 0 aliphatic heterocycles. The van der Waals surface area contributed by atoms with Crippen LogP contribution in [0, 0.1) is 17.3 Å². The van der Waals surface area contributed by atoms with E-state index in [0.29, 0.717) is 0 Å². The van der Waals surface area contributed by atoms with Crippen LogP contribution in [0.15, 0.2) is 24.4 Å². The van der Waals surface area contributed by atoms with Gasteiger partial charge in [0.1, 0.15) is 0 Å². The van der Waals surface area contributed by atoms with Gasteiger partial charge in [-0.3, -0.25) is 9.78 Å². The normalized spacial score (nSPS) is 25.1. The highest BCUT2D eigenvalue weighted by Crippen LogP contribution is 2.40. The number of nitrogens with zero attached hydrogens (tertiary/aromatic N) is 1. The fraction of sp³-hybridized carbons (Fsp3) is 0.667. The van der Waals surface area contributed by atoms with Gasteiger partial charge in [0.15, 0.2) is 0 Å². The maximum Gasteiger partial charge on any atom is 0.223 e. The summed E-state index contributed by atoms with van der Waals surface area (Å²) in [5.41, 5.74) is 6.33. The van der Waals surface area contributed by atoms with Crippen molar-refractivity contribution >= 4 is 5.91 Å². The van der Waals surface area contributed by atoms with Crippen LogP contribution in [0.4, 0.5) is 0 Å². The summed E-state index contributed by atoms with van der Waals surface area (Å²) in [7, 11) is 0. The summed E-state index contributed by atoms with van der Waals surface area (Å²) in [5, 5.41) is 0. The highest BCUT2D eigenvalue weighted by Gasteiger charge is 2.36. The van der Waals surface area contributed by atoms with Gasteiger partial charge in [-0.05, 0) is 56.1 Å². The Morgan fingerprint density at radius 3 is 2.33 bits per heavy atom. The molecule has 0 bridgehead atoms. The third-order valence-electron chi connectivity index (χ3n) is 4.76. The van der Waals surface area contributed by atoms with E-state index in [1.54, 1.807) is 0 Å². The molecule has 1 aromatic heterocycles. The van der Waals surface area contributed by atoms with Crippen molar-refractivity contribution in [2.45, 2.75) is 59.8 Å². The molecule has 0 saturated heterocycles. The summed E-state index contributed by atoms with van der Waals surface area (Å²) in [6.45, 7) is 8.63. The number of pyridine rings is 1. The van der Waals surface area contributed by atoms with Gasteiger partial charge in [-0.2, -0.15) is 0 Å². The summed E-state index contributed by atoms with van der Waals surface area (Å²) < 4.78 is 0. The lowest BCUT2D eigenvalue weighted by atomic mass is 9.69. The average molecular weight is 290 g/mol. The highest BCUT2D eigenvalue weighted by atomic mass is 16.1. The molecule has 0 radical (unpaired) electrons. The Hall–Kier alpha value is -1.38. The zero-order chi connectivity index (χ0) is 15.9. The van der Waals surface area contributed by atoms with Gasteiger partial charge in [-0.25, -0.2) is 0 Å². The molecular formula is C18H30N2O. The standard InChI is InChI=1S/C11H21NO.C7H9N/c1-8(2)9-4-6-11(3,7-5-9)10(12)13;1-2-7-5-3-4-6-8-7/h8-9H,4-7H2,1-3H3,(H2,12,13);3-6H,2H2,1H3. The molecular weight excluding hydrogens is 260 g/mol. The molecule has 1 aliphatic carbocycles. The monoisotopic (exact) mass is 290 g/mol. The van der Waals surface area contributed by atoms with Crippen molar-refractivity contribution in [3.63, 3.8) is 0 Å². The molecule has 0 aromatic carbocycles. The minimum absolute atomic E-state index is 0.116. The summed E-state index contributed by atoms with van der Waals surface area (Å²) >= 11 is 0. The van der Waals surface area contributed by atoms with Gasteiger partial charge in [-0.15, -0.1) is 0 Å². The van der Waals surface area contributed by atoms with E-state index in [2.05, 4.69) is 25.8 Å². The topological polar surface area (TPSA) is 56.0 Å². The Morgan fingerprint density at radius 1 is 1.38 bits per heavy atom. The number of aromatic nitrogens is 1. The second-order valence-electron chi connectivity index (χ2n) is 6.68. The first-order valence-electron chi connectivity index (χ1n) is 8.09. The molecule has 0 spiro atoms. The van der Waals surface area contributed by atoms with Gasteiger partial charge in [0.25, 0.3) is 0 Å². The van der Waals surface area contributed by atoms with Crippen molar-refractivity contribution in [1.82, 2.24) is 4.98 Å². The Bertz CT molecular complexity index is 420. The smallest absolute Gasteiger partial charge is 0.223 e. The number of rotatable bonds is 3. The largest absolute Gasteiger partial charge is 0.369 e. The molecule has 3 heteroatoms. The molecule has 1 aromatic rings. The van der Waals surface area contributed by atoms with Crippen molar-refractivity contribution in [1.29, 1.82) is 0 Å². The minimum Gasteiger partial charge on any atom is -0.369 e. The number of nitrogens with two attached hydrogens (primary N) is 1. The zero-order valence-corrected chi connectivity index (χ0v) is 13.9. The molecule has 0 atom stereocenters. The number of aryl methyl sites for hydroxylation is 1. The van der Waals surface area contributed by atoms with Crippen LogP contribution in [-0.2, 0) is 11.2 Å². The number of carbonyl (C=O) groups excluding carboxylic acids is 1. The molecule has 118 valence electrons. The molecule has 1 amide bonds. The van der Waals surface area contributed by atoms with E-state index in [-0.39, 0.29) is 11.3 Å². The Balaban J connectivity index is 0.000000235. The Labute approximate surface area is 129 Å². The third kappa shape index (κ3) is 5.49. The van der Waals surface area contributed by atoms with E-state index >= 15 is 0 Å². The van der Waals surface area contributed by atoms with E-state index < -0.39 is 0 Å². The lowest BCUT2D eigenvalue weighted by Gasteiger charge is -2.36. The zero-order valence-electron chi connectivity index (χ0n) is 13.9. The van der Waals surface area contributed by atoms with Gasteiger partial charge in [0.05, 0.1) is 0 Å². The molecule has 1 heterocycles. The molecule has 1 fully saturated rings. The van der Waals surface area contributed by atoms with Crippen LogP contribution in [0.25, 0.3) is 0 Å². The van der Waals surface area contributed by atoms with Gasteiger partial charge < -0.3 is 5.73 Å². The highest BCUT2D eigenvalue weighted by molar-refractivity contribution is 5.80. The van der Waals surface area contributed by atoms with Crippen molar-refractivity contribution in [3.8, 4) is 0 Å². The molecule has 2 N–H and O–H groups in total. The van der Waals surface area contributed by atoms with E-state index in [1.807, 2.05) is 31.3 Å². The number of primary amides is 1. The molecule has 0 unspecified atom stereocenters. The SMILES string of the molecule is CC(C)C1CCC(C)(C(N)=O)CC1.CCc1ccccn1. The maximum atomic E-state index is 11.2. The fourth-order valence-corrected chi connectivity index (χ4v) is 2.80. The quantitative estimate of drug-likeness (QED) is 0.915. The number of hydrogen-bond acceptors (Lipinski definition) is 2. The lowest BCUT2D eigenvalue weighted by Crippen LogP contribution is -2.38. The van der Waals surface area contributed by atoms with E-state index in [9.17, 15) is 4.79 Å². The van der Waals surface area contributed by atoms with Gasteiger partial charge in [0.2, 0.25) is 5.91 Å². The predicted molar refractivity (Wildman–Crippen MR) is 87.7 cm³/mol. The first-order valence-corrected chi connectivity index (χ1v) is 8.09. The predicted octanol–water partition coefficient (Wildman–Crippen LogP) is 3.97. The summed E-state index contributed by atoms with van der Waals surface area (Å²) in [6.07, 6.45) is 7.13. The van der Waals surface area contributed by atoms with Crippen molar-refractivity contribution < 1.29 is 4.79 Å². The number of carbonyl (C=O) groups is 1. The number of hydrogen-bond donors (Lipinski definition) is 1. The number of amides is 1. The van der Waals surface area contributed by atoms with Crippen LogP contribution in [0.3, 0.4) is 0 Å². The molecule has 3 nitrogen and oxygen atoms in total. The molecule has 2 rings (SSSR count). The van der Waals surface area contributed by atoms with Crippen LogP contribution >= 0.6 is 0 Å². The van der Waals surface area contributed by atoms with E-state index in [0.717, 1.165) is 49.6 Å². The minimum atomic E-state index is -0.217. The van der Waals surface area contributed by atoms with Crippen LogP contribution in [-0.4, -0.2) is 10.9 Å². The summed E-state index contributed by atoms with van der Waals surface area (Å²) in [5.74, 6) is 1.43. The van der Waals surface area contributed by atoms with Crippen LogP contribution in [0.1, 0.15) is 59.1 Å².